The second-order valence-electron chi connectivity index (χ2n) is 5.08. The zero-order valence-corrected chi connectivity index (χ0v) is 12.9. The minimum Gasteiger partial charge on any atom is -0.459 e. The molecule has 1 aromatic carbocycles. The third-order valence-corrected chi connectivity index (χ3v) is 3.26. The van der Waals surface area contributed by atoms with Gasteiger partial charge < -0.3 is 15.4 Å². The van der Waals surface area contributed by atoms with E-state index in [9.17, 15) is 9.18 Å². The highest BCUT2D eigenvalue weighted by Gasteiger charge is 2.31. The van der Waals surface area contributed by atoms with Gasteiger partial charge in [0.05, 0.1) is 17.7 Å². The van der Waals surface area contributed by atoms with Crippen molar-refractivity contribution in [2.24, 2.45) is 0 Å². The van der Waals surface area contributed by atoms with Gasteiger partial charge >= 0.3 is 5.97 Å². The molecule has 21 heavy (non-hydrogen) atoms. The molecule has 0 spiro atoms. The van der Waals surface area contributed by atoms with Crippen molar-refractivity contribution >= 4 is 23.3 Å². The van der Waals surface area contributed by atoms with Crippen molar-refractivity contribution in [2.75, 3.05) is 0 Å². The van der Waals surface area contributed by atoms with Crippen LogP contribution < -0.4 is 10.6 Å². The Morgan fingerprint density at radius 1 is 1.33 bits per heavy atom. The molecular weight excluding hydrogens is 291 g/mol. The summed E-state index contributed by atoms with van der Waals surface area (Å²) in [4.78, 5) is 12.3. The molecule has 6 heteroatoms. The molecule has 1 aliphatic rings. The molecule has 1 aromatic rings. The van der Waals surface area contributed by atoms with Crippen LogP contribution in [0.1, 0.15) is 32.4 Å². The molecule has 0 aromatic heterocycles. The number of carbonyl (C=O) groups excluding carboxylic acids is 1. The largest absolute Gasteiger partial charge is 0.459 e. The number of esters is 1. The van der Waals surface area contributed by atoms with Gasteiger partial charge in [0.25, 0.3) is 0 Å². The zero-order valence-electron chi connectivity index (χ0n) is 12.1. The van der Waals surface area contributed by atoms with Crippen LogP contribution >= 0.6 is 12.2 Å². The zero-order chi connectivity index (χ0) is 15.6. The lowest BCUT2D eigenvalue weighted by Gasteiger charge is -2.30. The molecule has 0 aliphatic carbocycles. The Morgan fingerprint density at radius 3 is 2.52 bits per heavy atom. The quantitative estimate of drug-likeness (QED) is 0.664. The average molecular weight is 308 g/mol. The molecule has 112 valence electrons. The number of rotatable bonds is 3. The van der Waals surface area contributed by atoms with Gasteiger partial charge in [0.1, 0.15) is 5.82 Å². The van der Waals surface area contributed by atoms with Crippen LogP contribution in [0.3, 0.4) is 0 Å². The Kier molecular flexibility index (Phi) is 4.57. The second kappa shape index (κ2) is 6.22. The van der Waals surface area contributed by atoms with Crippen LogP contribution in [0.2, 0.25) is 0 Å². The summed E-state index contributed by atoms with van der Waals surface area (Å²) in [5.41, 5.74) is 1.83. The maximum Gasteiger partial charge on any atom is 0.338 e. The molecule has 0 fully saturated rings. The Hall–Kier alpha value is -1.95. The second-order valence-corrected chi connectivity index (χ2v) is 5.48. The van der Waals surface area contributed by atoms with Gasteiger partial charge in [-0.05, 0) is 50.7 Å². The van der Waals surface area contributed by atoms with E-state index < -0.39 is 12.0 Å². The summed E-state index contributed by atoms with van der Waals surface area (Å²) in [5, 5.41) is 6.36. The summed E-state index contributed by atoms with van der Waals surface area (Å²) >= 11 is 5.13. The molecule has 1 aliphatic heterocycles. The van der Waals surface area contributed by atoms with Crippen LogP contribution in [0.5, 0.6) is 0 Å². The van der Waals surface area contributed by atoms with Gasteiger partial charge in [0.2, 0.25) is 0 Å². The summed E-state index contributed by atoms with van der Waals surface area (Å²) in [7, 11) is 0. The lowest BCUT2D eigenvalue weighted by atomic mass is 9.95. The average Bonchev–Trinajstić information content (AvgIpc) is 2.37. The summed E-state index contributed by atoms with van der Waals surface area (Å²) in [6, 6.07) is 5.49. The van der Waals surface area contributed by atoms with Crippen LogP contribution in [0.25, 0.3) is 0 Å². The van der Waals surface area contributed by atoms with Gasteiger partial charge in [-0.3, -0.25) is 0 Å². The summed E-state index contributed by atoms with van der Waals surface area (Å²) in [5.74, 6) is -0.749. The van der Waals surface area contributed by atoms with Crippen molar-refractivity contribution in [1.29, 1.82) is 0 Å². The number of halogens is 1. The van der Waals surface area contributed by atoms with Crippen molar-refractivity contribution in [3.8, 4) is 0 Å². The molecule has 0 amide bonds. The van der Waals surface area contributed by atoms with Gasteiger partial charge in [-0.2, -0.15) is 0 Å². The van der Waals surface area contributed by atoms with Gasteiger partial charge in [0, 0.05) is 5.70 Å². The molecular formula is C15H17FN2O2S. The SMILES string of the molecule is CC1=C(C(=O)OC(C)C)[C@H](c2ccc(F)cc2)NC(=S)N1. The first-order chi connectivity index (χ1) is 9.88. The standard InChI is InChI=1S/C15H17FN2O2S/c1-8(2)20-14(19)12-9(3)17-15(21)18-13(12)10-4-6-11(16)7-5-10/h4-8,13H,1-3H3,(H2,17,18,21)/t13-/m0/s1. The highest BCUT2D eigenvalue weighted by Crippen LogP contribution is 2.28. The number of carbonyl (C=O) groups is 1. The summed E-state index contributed by atoms with van der Waals surface area (Å²) < 4.78 is 18.3. The number of benzene rings is 1. The Labute approximate surface area is 128 Å². The number of allylic oxidation sites excluding steroid dienone is 1. The van der Waals surface area contributed by atoms with Crippen molar-refractivity contribution in [3.63, 3.8) is 0 Å². The minimum absolute atomic E-state index is 0.222. The Balaban J connectivity index is 2.40. The number of hydrogen-bond donors (Lipinski definition) is 2. The van der Waals surface area contributed by atoms with E-state index in [1.165, 1.54) is 12.1 Å². The maximum atomic E-state index is 13.1. The minimum atomic E-state index is -0.453. The van der Waals surface area contributed by atoms with Gasteiger partial charge in [-0.25, -0.2) is 9.18 Å². The first kappa shape index (κ1) is 15.4. The van der Waals surface area contributed by atoms with Crippen molar-refractivity contribution in [3.05, 3.63) is 46.9 Å². The smallest absolute Gasteiger partial charge is 0.338 e. The molecule has 0 radical (unpaired) electrons. The van der Waals surface area contributed by atoms with Crippen LogP contribution in [0, 0.1) is 5.82 Å². The fraction of sp³-hybridized carbons (Fsp3) is 0.333. The Morgan fingerprint density at radius 2 is 1.95 bits per heavy atom. The molecule has 0 unspecified atom stereocenters. The van der Waals surface area contributed by atoms with Crippen molar-refractivity contribution < 1.29 is 13.9 Å². The lowest BCUT2D eigenvalue weighted by molar-refractivity contribution is -0.143. The fourth-order valence-electron chi connectivity index (χ4n) is 2.15. The molecule has 0 bridgehead atoms. The van der Waals surface area contributed by atoms with E-state index in [0.29, 0.717) is 16.4 Å². The number of thiocarbonyl (C=S) groups is 1. The molecule has 1 heterocycles. The monoisotopic (exact) mass is 308 g/mol. The predicted octanol–water partition coefficient (Wildman–Crippen LogP) is 2.57. The molecule has 2 N–H and O–H groups in total. The van der Waals surface area contributed by atoms with E-state index in [4.69, 9.17) is 17.0 Å². The highest BCUT2D eigenvalue weighted by atomic mass is 32.1. The fourth-order valence-corrected chi connectivity index (χ4v) is 2.42. The Bertz CT molecular complexity index is 596. The molecule has 1 atom stereocenters. The number of hydrogen-bond acceptors (Lipinski definition) is 3. The van der Waals surface area contributed by atoms with E-state index in [0.717, 1.165) is 5.56 Å². The van der Waals surface area contributed by atoms with E-state index >= 15 is 0 Å². The van der Waals surface area contributed by atoms with E-state index in [1.54, 1.807) is 32.9 Å². The van der Waals surface area contributed by atoms with Crippen molar-refractivity contribution in [1.82, 2.24) is 10.6 Å². The third-order valence-electron chi connectivity index (χ3n) is 3.04. The van der Waals surface area contributed by atoms with Crippen LogP contribution in [0.15, 0.2) is 35.5 Å². The first-order valence-corrected chi connectivity index (χ1v) is 7.04. The normalized spacial score (nSPS) is 18.3. The highest BCUT2D eigenvalue weighted by molar-refractivity contribution is 7.80. The molecule has 0 saturated heterocycles. The van der Waals surface area contributed by atoms with E-state index in [-0.39, 0.29) is 11.9 Å². The maximum absolute atomic E-state index is 13.1. The summed E-state index contributed by atoms with van der Waals surface area (Å²) in [6.45, 7) is 5.34. The van der Waals surface area contributed by atoms with E-state index in [1.807, 2.05) is 0 Å². The van der Waals surface area contributed by atoms with Gasteiger partial charge in [-0.1, -0.05) is 12.1 Å². The molecule has 2 rings (SSSR count). The van der Waals surface area contributed by atoms with Crippen LogP contribution in [-0.2, 0) is 9.53 Å². The summed E-state index contributed by atoms with van der Waals surface area (Å²) in [6.07, 6.45) is -0.222. The van der Waals surface area contributed by atoms with Crippen molar-refractivity contribution in [2.45, 2.75) is 32.9 Å². The lowest BCUT2D eigenvalue weighted by Crippen LogP contribution is -2.45. The third kappa shape index (κ3) is 3.58. The van der Waals surface area contributed by atoms with Crippen LogP contribution in [-0.4, -0.2) is 17.2 Å². The first-order valence-electron chi connectivity index (χ1n) is 6.63. The molecule has 0 saturated carbocycles. The predicted molar refractivity (Wildman–Crippen MR) is 81.9 cm³/mol. The van der Waals surface area contributed by atoms with E-state index in [2.05, 4.69) is 10.6 Å². The topological polar surface area (TPSA) is 50.4 Å². The van der Waals surface area contributed by atoms with Gasteiger partial charge in [-0.15, -0.1) is 0 Å². The van der Waals surface area contributed by atoms with Crippen LogP contribution in [0.4, 0.5) is 4.39 Å². The number of nitrogens with one attached hydrogen (secondary N) is 2. The number of ether oxygens (including phenoxy) is 1. The van der Waals surface area contributed by atoms with Gasteiger partial charge in [0.15, 0.2) is 5.11 Å². The molecule has 4 nitrogen and oxygen atoms in total.